The lowest BCUT2D eigenvalue weighted by molar-refractivity contribution is 0.416. The molecule has 0 amide bonds. The highest BCUT2D eigenvalue weighted by molar-refractivity contribution is 6.31. The molecular formula is C22H29ClN4O. The number of nitrogens with zero attached hydrogens (tertiary/aromatic N) is 3. The van der Waals surface area contributed by atoms with Crippen LogP contribution in [0.25, 0.3) is 11.0 Å². The molecular weight excluding hydrogens is 372 g/mol. The number of hydrogen-bond acceptors (Lipinski definition) is 4. The molecule has 0 aliphatic carbocycles. The van der Waals surface area contributed by atoms with E-state index in [1.54, 1.807) is 7.11 Å². The van der Waals surface area contributed by atoms with Crippen LogP contribution in [0.5, 0.6) is 5.75 Å². The summed E-state index contributed by atoms with van der Waals surface area (Å²) >= 11 is 6.24. The second-order valence-corrected chi connectivity index (χ2v) is 7.46. The van der Waals surface area contributed by atoms with E-state index in [0.29, 0.717) is 10.8 Å². The zero-order valence-electron chi connectivity index (χ0n) is 17.3. The van der Waals surface area contributed by atoms with Crippen LogP contribution < -0.4 is 15.0 Å². The summed E-state index contributed by atoms with van der Waals surface area (Å²) in [6.45, 7) is 8.48. The molecule has 0 bridgehead atoms. The van der Waals surface area contributed by atoms with Crippen molar-refractivity contribution in [3.63, 3.8) is 0 Å². The van der Waals surface area contributed by atoms with Crippen LogP contribution in [0.4, 0.5) is 17.3 Å². The summed E-state index contributed by atoms with van der Waals surface area (Å²) in [6, 6.07) is 10.1. The number of aromatic nitrogens is 2. The molecule has 0 atom stereocenters. The van der Waals surface area contributed by atoms with E-state index in [4.69, 9.17) is 21.3 Å². The van der Waals surface area contributed by atoms with E-state index in [9.17, 15) is 0 Å². The van der Waals surface area contributed by atoms with Crippen LogP contribution in [0, 0.1) is 6.92 Å². The van der Waals surface area contributed by atoms with Crippen molar-refractivity contribution in [2.45, 2.75) is 33.6 Å². The summed E-state index contributed by atoms with van der Waals surface area (Å²) in [5.41, 5.74) is 5.18. The molecule has 0 saturated carbocycles. The van der Waals surface area contributed by atoms with Gasteiger partial charge in [-0.25, -0.2) is 4.98 Å². The smallest absolute Gasteiger partial charge is 0.208 e. The normalized spacial score (nSPS) is 11.1. The van der Waals surface area contributed by atoms with Crippen molar-refractivity contribution in [2.75, 3.05) is 30.4 Å². The highest BCUT2D eigenvalue weighted by Gasteiger charge is 2.17. The van der Waals surface area contributed by atoms with E-state index in [1.807, 2.05) is 26.1 Å². The largest absolute Gasteiger partial charge is 0.495 e. The minimum atomic E-state index is 0.685. The average Bonchev–Trinajstić information content (AvgIpc) is 3.00. The predicted molar refractivity (Wildman–Crippen MR) is 120 cm³/mol. The van der Waals surface area contributed by atoms with Gasteiger partial charge in [0.25, 0.3) is 0 Å². The molecule has 1 aromatic heterocycles. The Kier molecular flexibility index (Phi) is 6.35. The molecule has 0 fully saturated rings. The van der Waals surface area contributed by atoms with Gasteiger partial charge in [0.1, 0.15) is 5.75 Å². The first kappa shape index (κ1) is 20.3. The van der Waals surface area contributed by atoms with Crippen LogP contribution in [-0.4, -0.2) is 29.8 Å². The monoisotopic (exact) mass is 400 g/mol. The Morgan fingerprint density at radius 2 is 1.89 bits per heavy atom. The summed E-state index contributed by atoms with van der Waals surface area (Å²) in [7, 11) is 3.69. The fourth-order valence-electron chi connectivity index (χ4n) is 3.56. The second kappa shape index (κ2) is 8.74. The number of fused-ring (bicyclic) bond motifs is 1. The maximum Gasteiger partial charge on any atom is 0.208 e. The maximum absolute atomic E-state index is 6.24. The first-order chi connectivity index (χ1) is 13.5. The van der Waals surface area contributed by atoms with Gasteiger partial charge in [0.05, 0.1) is 29.5 Å². The Morgan fingerprint density at radius 1 is 1.18 bits per heavy atom. The van der Waals surface area contributed by atoms with Crippen molar-refractivity contribution in [3.05, 3.63) is 40.9 Å². The lowest BCUT2D eigenvalue weighted by atomic mass is 10.2. The summed E-state index contributed by atoms with van der Waals surface area (Å²) in [6.07, 6.45) is 2.22. The van der Waals surface area contributed by atoms with Crippen LogP contribution >= 0.6 is 11.6 Å². The summed E-state index contributed by atoms with van der Waals surface area (Å²) in [5.74, 6) is 1.47. The summed E-state index contributed by atoms with van der Waals surface area (Å²) in [4.78, 5) is 7.28. The van der Waals surface area contributed by atoms with E-state index in [-0.39, 0.29) is 0 Å². The minimum absolute atomic E-state index is 0.685. The topological polar surface area (TPSA) is 42.3 Å². The highest BCUT2D eigenvalue weighted by atomic mass is 35.5. The molecule has 0 radical (unpaired) electrons. The Balaban J connectivity index is 2.06. The Labute approximate surface area is 172 Å². The molecule has 0 aliphatic heterocycles. The van der Waals surface area contributed by atoms with Crippen molar-refractivity contribution in [1.82, 2.24) is 9.55 Å². The van der Waals surface area contributed by atoms with Crippen LogP contribution in [0.3, 0.4) is 0 Å². The molecule has 3 rings (SSSR count). The number of ether oxygens (including phenoxy) is 1. The summed E-state index contributed by atoms with van der Waals surface area (Å²) < 4.78 is 7.62. The van der Waals surface area contributed by atoms with Crippen LogP contribution in [0.15, 0.2) is 30.3 Å². The molecule has 3 aromatic rings. The van der Waals surface area contributed by atoms with Crippen molar-refractivity contribution < 1.29 is 4.74 Å². The standard InChI is InChI=1S/C22H29ClN4O/c1-6-11-27(12-7-2)19-10-8-9-17-21(19)26(4)22(24-17)25-18-13-15(3)16(23)14-20(18)28-5/h8-10,13-14H,6-7,11-12H2,1-5H3,(H,24,25). The SMILES string of the molecule is CCCN(CCC)c1cccc2nc(Nc3cc(C)c(Cl)cc3OC)n(C)c12. The predicted octanol–water partition coefficient (Wildman–Crippen LogP) is 5.91. The summed E-state index contributed by atoms with van der Waals surface area (Å²) in [5, 5.41) is 4.11. The number of halogens is 1. The van der Waals surface area contributed by atoms with E-state index < -0.39 is 0 Å². The number of nitrogens with one attached hydrogen (secondary N) is 1. The van der Waals surface area contributed by atoms with Gasteiger partial charge >= 0.3 is 0 Å². The first-order valence-electron chi connectivity index (χ1n) is 9.81. The lowest BCUT2D eigenvalue weighted by Crippen LogP contribution is -2.25. The number of imidazole rings is 1. The molecule has 1 N–H and O–H groups in total. The van der Waals surface area contributed by atoms with Crippen molar-refractivity contribution >= 4 is 40.0 Å². The zero-order valence-corrected chi connectivity index (χ0v) is 18.1. The van der Waals surface area contributed by atoms with E-state index in [1.165, 1.54) is 5.69 Å². The quantitative estimate of drug-likeness (QED) is 0.510. The molecule has 1 heterocycles. The van der Waals surface area contributed by atoms with Gasteiger partial charge in [0, 0.05) is 31.2 Å². The molecule has 150 valence electrons. The lowest BCUT2D eigenvalue weighted by Gasteiger charge is -2.25. The molecule has 0 spiro atoms. The van der Waals surface area contributed by atoms with E-state index in [0.717, 1.165) is 54.2 Å². The van der Waals surface area contributed by atoms with E-state index >= 15 is 0 Å². The molecule has 0 aliphatic rings. The maximum atomic E-state index is 6.24. The van der Waals surface area contributed by atoms with Crippen molar-refractivity contribution in [3.8, 4) is 5.75 Å². The molecule has 6 heteroatoms. The van der Waals surface area contributed by atoms with Crippen LogP contribution in [0.2, 0.25) is 5.02 Å². The fourth-order valence-corrected chi connectivity index (χ4v) is 3.71. The number of aryl methyl sites for hydroxylation is 2. The number of benzene rings is 2. The average molecular weight is 401 g/mol. The third-order valence-electron chi connectivity index (χ3n) is 4.93. The number of hydrogen-bond donors (Lipinski definition) is 1. The second-order valence-electron chi connectivity index (χ2n) is 7.05. The molecule has 28 heavy (non-hydrogen) atoms. The number of anilines is 3. The van der Waals surface area contributed by atoms with Crippen LogP contribution in [-0.2, 0) is 7.05 Å². The number of methoxy groups -OCH3 is 1. The van der Waals surface area contributed by atoms with Gasteiger partial charge in [-0.05, 0) is 43.5 Å². The third-order valence-corrected chi connectivity index (χ3v) is 5.34. The van der Waals surface area contributed by atoms with Gasteiger partial charge in [-0.15, -0.1) is 0 Å². The van der Waals surface area contributed by atoms with Gasteiger partial charge in [-0.2, -0.15) is 0 Å². The first-order valence-corrected chi connectivity index (χ1v) is 10.2. The molecule has 0 unspecified atom stereocenters. The van der Waals surface area contributed by atoms with Gasteiger partial charge in [-0.3, -0.25) is 0 Å². The van der Waals surface area contributed by atoms with Gasteiger partial charge in [0.2, 0.25) is 5.95 Å². The Bertz CT molecular complexity index is 961. The van der Waals surface area contributed by atoms with Crippen molar-refractivity contribution in [2.24, 2.45) is 7.05 Å². The number of rotatable bonds is 8. The zero-order chi connectivity index (χ0) is 20.3. The van der Waals surface area contributed by atoms with E-state index in [2.05, 4.69) is 46.8 Å². The highest BCUT2D eigenvalue weighted by Crippen LogP contribution is 2.35. The van der Waals surface area contributed by atoms with Crippen LogP contribution in [0.1, 0.15) is 32.3 Å². The van der Waals surface area contributed by atoms with Gasteiger partial charge < -0.3 is 19.5 Å². The van der Waals surface area contributed by atoms with Crippen molar-refractivity contribution in [1.29, 1.82) is 0 Å². The Hall–Kier alpha value is -2.40. The number of para-hydroxylation sites is 1. The molecule has 0 saturated heterocycles. The third kappa shape index (κ3) is 3.90. The Morgan fingerprint density at radius 3 is 2.54 bits per heavy atom. The minimum Gasteiger partial charge on any atom is -0.495 e. The fraction of sp³-hybridized carbons (Fsp3) is 0.409. The van der Waals surface area contributed by atoms with Gasteiger partial charge in [0.15, 0.2) is 0 Å². The molecule has 2 aromatic carbocycles. The van der Waals surface area contributed by atoms with Gasteiger partial charge in [-0.1, -0.05) is 31.5 Å². The molecule has 5 nitrogen and oxygen atoms in total.